The molecular formula is C21H18N6OS2. The van der Waals surface area contributed by atoms with Crippen molar-refractivity contribution in [3.63, 3.8) is 0 Å². The van der Waals surface area contributed by atoms with Gasteiger partial charge in [0.2, 0.25) is 0 Å². The van der Waals surface area contributed by atoms with E-state index in [1.54, 1.807) is 22.2 Å². The topological polar surface area (TPSA) is 89.3 Å². The Kier molecular flexibility index (Phi) is 4.63. The maximum absolute atomic E-state index is 13.0. The average Bonchev–Trinajstić information content (AvgIpc) is 3.27. The van der Waals surface area contributed by atoms with Gasteiger partial charge in [-0.1, -0.05) is 41.6 Å². The standard InChI is InChI=1S/C21H18N6OS2/c1-11-4-6-13(7-5-11)16-12(2)30-21-17(16)19(28)25-15(26-21)9-29-20-14-8-24-27(3)18(14)22-10-23-20/h4-8,10H,9H2,1-3H3,(H,25,26,28). The minimum absolute atomic E-state index is 0.107. The molecule has 0 saturated carbocycles. The molecule has 4 aromatic heterocycles. The summed E-state index contributed by atoms with van der Waals surface area (Å²) in [6.45, 7) is 4.09. The minimum atomic E-state index is -0.107. The SMILES string of the molecule is Cc1ccc(-c2c(C)sc3nc(CSc4ncnc5c4cnn5C)[nH]c(=O)c23)cc1. The summed E-state index contributed by atoms with van der Waals surface area (Å²) < 4.78 is 1.72. The third kappa shape index (κ3) is 3.20. The quantitative estimate of drug-likeness (QED) is 0.336. The number of thiophene rings is 1. The van der Waals surface area contributed by atoms with Gasteiger partial charge in [0.05, 0.1) is 22.7 Å². The largest absolute Gasteiger partial charge is 0.309 e. The summed E-state index contributed by atoms with van der Waals surface area (Å²) in [5.41, 5.74) is 3.87. The van der Waals surface area contributed by atoms with Gasteiger partial charge in [-0.15, -0.1) is 11.3 Å². The van der Waals surface area contributed by atoms with Crippen molar-refractivity contribution in [1.29, 1.82) is 0 Å². The normalized spacial score (nSPS) is 11.6. The van der Waals surface area contributed by atoms with Crippen LogP contribution in [0.3, 0.4) is 0 Å². The Labute approximate surface area is 180 Å². The molecule has 0 bridgehead atoms. The highest BCUT2D eigenvalue weighted by atomic mass is 32.2. The summed E-state index contributed by atoms with van der Waals surface area (Å²) in [6, 6.07) is 8.24. The van der Waals surface area contributed by atoms with Gasteiger partial charge in [0, 0.05) is 17.5 Å². The van der Waals surface area contributed by atoms with E-state index >= 15 is 0 Å². The van der Waals surface area contributed by atoms with E-state index in [4.69, 9.17) is 4.98 Å². The second-order valence-electron chi connectivity index (χ2n) is 7.07. The molecule has 150 valence electrons. The van der Waals surface area contributed by atoms with Gasteiger partial charge in [-0.2, -0.15) is 5.10 Å². The van der Waals surface area contributed by atoms with Gasteiger partial charge in [0.25, 0.3) is 5.56 Å². The Hall–Kier alpha value is -3.04. The molecule has 9 heteroatoms. The van der Waals surface area contributed by atoms with Crippen LogP contribution in [0.5, 0.6) is 0 Å². The molecule has 0 amide bonds. The lowest BCUT2D eigenvalue weighted by atomic mass is 10.0. The van der Waals surface area contributed by atoms with Gasteiger partial charge in [0.15, 0.2) is 5.65 Å². The molecule has 0 aliphatic rings. The molecule has 0 aliphatic carbocycles. The fraction of sp³-hybridized carbons (Fsp3) is 0.190. The Balaban J connectivity index is 1.51. The molecule has 1 N–H and O–H groups in total. The lowest BCUT2D eigenvalue weighted by Crippen LogP contribution is -2.10. The predicted molar refractivity (Wildman–Crippen MR) is 121 cm³/mol. The zero-order chi connectivity index (χ0) is 20.8. The van der Waals surface area contributed by atoms with E-state index in [0.717, 1.165) is 36.9 Å². The van der Waals surface area contributed by atoms with E-state index in [1.165, 1.54) is 23.7 Å². The number of hydrogen-bond donors (Lipinski definition) is 1. The number of nitrogens with zero attached hydrogens (tertiary/aromatic N) is 5. The lowest BCUT2D eigenvalue weighted by Gasteiger charge is -2.04. The molecule has 1 aromatic carbocycles. The molecule has 0 aliphatic heterocycles. The maximum atomic E-state index is 13.0. The summed E-state index contributed by atoms with van der Waals surface area (Å²) in [5, 5.41) is 6.61. The van der Waals surface area contributed by atoms with Gasteiger partial charge in [-0.3, -0.25) is 9.48 Å². The Morgan fingerprint density at radius 2 is 1.97 bits per heavy atom. The number of hydrogen-bond acceptors (Lipinski definition) is 7. The molecule has 0 atom stereocenters. The van der Waals surface area contributed by atoms with Crippen LogP contribution in [0.2, 0.25) is 0 Å². The molecule has 0 unspecified atom stereocenters. The molecule has 5 aromatic rings. The average molecular weight is 435 g/mol. The Morgan fingerprint density at radius 1 is 1.17 bits per heavy atom. The van der Waals surface area contributed by atoms with Crippen LogP contribution < -0.4 is 5.56 Å². The van der Waals surface area contributed by atoms with E-state index in [0.29, 0.717) is 17.0 Å². The van der Waals surface area contributed by atoms with E-state index in [9.17, 15) is 4.79 Å². The van der Waals surface area contributed by atoms with Crippen LogP contribution in [-0.4, -0.2) is 29.7 Å². The number of thioether (sulfide) groups is 1. The van der Waals surface area contributed by atoms with E-state index in [-0.39, 0.29) is 5.56 Å². The highest BCUT2D eigenvalue weighted by Crippen LogP contribution is 2.36. The van der Waals surface area contributed by atoms with E-state index < -0.39 is 0 Å². The molecule has 0 radical (unpaired) electrons. The maximum Gasteiger partial charge on any atom is 0.260 e. The van der Waals surface area contributed by atoms with Crippen molar-refractivity contribution in [2.24, 2.45) is 7.05 Å². The third-order valence-electron chi connectivity index (χ3n) is 4.97. The van der Waals surface area contributed by atoms with Crippen molar-refractivity contribution >= 4 is 44.3 Å². The molecule has 4 heterocycles. The fourth-order valence-corrected chi connectivity index (χ4v) is 5.39. The van der Waals surface area contributed by atoms with Crippen molar-refractivity contribution in [3.8, 4) is 11.1 Å². The molecule has 30 heavy (non-hydrogen) atoms. The van der Waals surface area contributed by atoms with Crippen LogP contribution in [0.25, 0.3) is 32.4 Å². The number of aryl methyl sites for hydroxylation is 3. The number of aromatic nitrogens is 6. The van der Waals surface area contributed by atoms with Crippen molar-refractivity contribution in [1.82, 2.24) is 29.7 Å². The first-order chi connectivity index (χ1) is 14.5. The number of benzene rings is 1. The van der Waals surface area contributed by atoms with Crippen LogP contribution in [0, 0.1) is 13.8 Å². The Morgan fingerprint density at radius 3 is 2.77 bits per heavy atom. The van der Waals surface area contributed by atoms with Crippen molar-refractivity contribution in [2.75, 3.05) is 0 Å². The van der Waals surface area contributed by atoms with Gasteiger partial charge >= 0.3 is 0 Å². The zero-order valence-corrected chi connectivity index (χ0v) is 18.3. The zero-order valence-electron chi connectivity index (χ0n) is 16.6. The van der Waals surface area contributed by atoms with E-state index in [1.807, 2.05) is 14.0 Å². The first-order valence-corrected chi connectivity index (χ1v) is 11.2. The van der Waals surface area contributed by atoms with Crippen LogP contribution in [0.4, 0.5) is 0 Å². The van der Waals surface area contributed by atoms with E-state index in [2.05, 4.69) is 51.2 Å². The monoisotopic (exact) mass is 434 g/mol. The molecular weight excluding hydrogens is 416 g/mol. The number of rotatable bonds is 4. The summed E-state index contributed by atoms with van der Waals surface area (Å²) in [6.07, 6.45) is 3.29. The summed E-state index contributed by atoms with van der Waals surface area (Å²) in [4.78, 5) is 31.1. The second kappa shape index (κ2) is 7.33. The van der Waals surface area contributed by atoms with Gasteiger partial charge in [0.1, 0.15) is 22.0 Å². The predicted octanol–water partition coefficient (Wildman–Crippen LogP) is 4.24. The molecule has 5 rings (SSSR count). The van der Waals surface area contributed by atoms with Gasteiger partial charge in [-0.05, 0) is 19.4 Å². The second-order valence-corrected chi connectivity index (χ2v) is 9.23. The number of fused-ring (bicyclic) bond motifs is 2. The van der Waals surface area contributed by atoms with Crippen molar-refractivity contribution in [3.05, 3.63) is 63.4 Å². The van der Waals surface area contributed by atoms with Crippen LogP contribution in [0.1, 0.15) is 16.3 Å². The third-order valence-corrected chi connectivity index (χ3v) is 6.98. The number of aromatic amines is 1. The lowest BCUT2D eigenvalue weighted by molar-refractivity contribution is 0.784. The minimum Gasteiger partial charge on any atom is -0.309 e. The number of H-pyrrole nitrogens is 1. The smallest absolute Gasteiger partial charge is 0.260 e. The fourth-order valence-electron chi connectivity index (χ4n) is 3.49. The van der Waals surface area contributed by atoms with Crippen molar-refractivity contribution in [2.45, 2.75) is 24.6 Å². The first-order valence-electron chi connectivity index (χ1n) is 9.36. The van der Waals surface area contributed by atoms with Crippen molar-refractivity contribution < 1.29 is 0 Å². The summed E-state index contributed by atoms with van der Waals surface area (Å²) >= 11 is 3.06. The van der Waals surface area contributed by atoms with Crippen LogP contribution >= 0.6 is 23.1 Å². The molecule has 7 nitrogen and oxygen atoms in total. The highest BCUT2D eigenvalue weighted by molar-refractivity contribution is 7.98. The molecule has 0 fully saturated rings. The highest BCUT2D eigenvalue weighted by Gasteiger charge is 2.17. The van der Waals surface area contributed by atoms with Crippen LogP contribution in [-0.2, 0) is 12.8 Å². The summed E-state index contributed by atoms with van der Waals surface area (Å²) in [5.74, 6) is 1.13. The first kappa shape index (κ1) is 19.0. The van der Waals surface area contributed by atoms with Crippen LogP contribution in [0.15, 0.2) is 46.6 Å². The molecule has 0 spiro atoms. The van der Waals surface area contributed by atoms with Gasteiger partial charge in [-0.25, -0.2) is 15.0 Å². The van der Waals surface area contributed by atoms with Gasteiger partial charge < -0.3 is 4.98 Å². The number of nitrogens with one attached hydrogen (secondary N) is 1. The molecule has 0 saturated heterocycles. The summed E-state index contributed by atoms with van der Waals surface area (Å²) in [7, 11) is 1.85. The Bertz CT molecular complexity index is 1450.